The van der Waals surface area contributed by atoms with Crippen LogP contribution in [0, 0.1) is 24.4 Å². The molecule has 3 aliphatic rings. The molecule has 0 aromatic rings. The van der Waals surface area contributed by atoms with Crippen LogP contribution in [-0.4, -0.2) is 69.2 Å². The third-order valence-corrected chi connectivity index (χ3v) is 8.12. The Hall–Kier alpha value is -2.47. The van der Waals surface area contributed by atoms with Crippen LogP contribution in [-0.2, 0) is 34.0 Å². The number of halogens is 2. The molecular formula is C18H23F2NO8RfS2-2. The summed E-state index contributed by atoms with van der Waals surface area (Å²) in [5.41, 5.74) is -0.665. The molecule has 3 saturated heterocycles. The fraction of sp³-hybridized carbons (Fsp3) is 0.778. The quantitative estimate of drug-likeness (QED) is 0.223. The van der Waals surface area contributed by atoms with Crippen LogP contribution in [0.1, 0.15) is 34.6 Å². The van der Waals surface area contributed by atoms with E-state index >= 15 is 0 Å². The van der Waals surface area contributed by atoms with Gasteiger partial charge in [0.15, 0.2) is 0 Å². The number of hydrogen-bond acceptors (Lipinski definition) is 9. The first-order valence-corrected chi connectivity index (χ1v) is 11.9. The Balaban J connectivity index is 0.00000363. The summed E-state index contributed by atoms with van der Waals surface area (Å²) in [6.45, 7) is 7.99. The van der Waals surface area contributed by atoms with E-state index in [0.717, 1.165) is 0 Å². The van der Waals surface area contributed by atoms with Gasteiger partial charge in [0.25, 0.3) is 11.2 Å². The summed E-state index contributed by atoms with van der Waals surface area (Å²) in [6.07, 6.45) is -0.867. The van der Waals surface area contributed by atoms with E-state index in [9.17, 15) is 36.1 Å². The van der Waals surface area contributed by atoms with Crippen molar-refractivity contribution in [3.8, 4) is 0 Å². The summed E-state index contributed by atoms with van der Waals surface area (Å²) in [5, 5.41) is -6.09. The van der Waals surface area contributed by atoms with Gasteiger partial charge >= 0.3 is 5.97 Å². The molecule has 2 bridgehead atoms. The van der Waals surface area contributed by atoms with Gasteiger partial charge < -0.3 is 18.9 Å². The Morgan fingerprint density at radius 1 is 1.22 bits per heavy atom. The molecule has 0 spiro atoms. The summed E-state index contributed by atoms with van der Waals surface area (Å²) in [4.78, 5) is 39.7. The Labute approximate surface area is 182 Å². The van der Waals surface area contributed by atoms with Crippen molar-refractivity contribution in [2.24, 2.45) is 17.8 Å². The number of nitrogens with zero attached hydrogens (tertiary/aromatic N) is 1. The second kappa shape index (κ2) is 7.84. The van der Waals surface area contributed by atoms with Gasteiger partial charge in [0.2, 0.25) is 5.91 Å². The molecule has 178 valence electrons. The standard InChI is InChI=1S/C18H24F2NO8S2.Rf/c1-7(2)15(23)29-11-10-12-8(14(22)21(10)17(3,4)5)9(13(11)30-12)16(24)28-6-18(19,20)31(25,26)27;/h6-13H,1-5H3,(H,25,26,27);/q-1;/p-1. The predicted molar refractivity (Wildman–Crippen MR) is 102 cm³/mol. The summed E-state index contributed by atoms with van der Waals surface area (Å²) in [6, 6.07) is -0.494. The van der Waals surface area contributed by atoms with Crippen LogP contribution in [0.2, 0.25) is 0 Å². The molecule has 14 heteroatoms. The number of amides is 1. The van der Waals surface area contributed by atoms with E-state index in [1.54, 1.807) is 39.5 Å². The van der Waals surface area contributed by atoms with Crippen LogP contribution in [0.4, 0.5) is 8.78 Å². The van der Waals surface area contributed by atoms with Gasteiger partial charge in [0.1, 0.15) is 16.2 Å². The summed E-state index contributed by atoms with van der Waals surface area (Å²) in [7, 11) is -6.08. The minimum Gasteiger partial charge on any atom is -0.746 e. The minimum atomic E-state index is -6.08. The zero-order chi connectivity index (χ0) is 23.7. The van der Waals surface area contributed by atoms with Gasteiger partial charge in [-0.05, 0) is 20.8 Å². The van der Waals surface area contributed by atoms with Crippen molar-refractivity contribution in [1.82, 2.24) is 4.90 Å². The second-order valence-corrected chi connectivity index (χ2v) is 11.9. The van der Waals surface area contributed by atoms with Crippen LogP contribution in [0.5, 0.6) is 0 Å². The van der Waals surface area contributed by atoms with E-state index in [2.05, 4.69) is 4.74 Å². The molecule has 3 rings (SSSR count). The molecule has 6 unspecified atom stereocenters. The molecule has 32 heavy (non-hydrogen) atoms. The van der Waals surface area contributed by atoms with Crippen molar-refractivity contribution >= 4 is 39.7 Å². The van der Waals surface area contributed by atoms with Crippen molar-refractivity contribution in [2.75, 3.05) is 0 Å². The molecule has 0 radical (unpaired) electrons. The van der Waals surface area contributed by atoms with Gasteiger partial charge in [-0.2, -0.15) is 0 Å². The van der Waals surface area contributed by atoms with Crippen molar-refractivity contribution in [3.63, 3.8) is 0 Å². The number of rotatable bonds is 6. The van der Waals surface area contributed by atoms with Gasteiger partial charge in [-0.25, -0.2) is 17.2 Å². The molecule has 0 aliphatic carbocycles. The summed E-state index contributed by atoms with van der Waals surface area (Å²) < 4.78 is 68.7. The molecule has 3 fully saturated rings. The van der Waals surface area contributed by atoms with Gasteiger partial charge in [-0.1, -0.05) is 20.5 Å². The number of carbonyl (C=O) groups is 3. The summed E-state index contributed by atoms with van der Waals surface area (Å²) >= 11 is 1.25. The zero-order valence-corrected chi connectivity index (χ0v) is 26.1. The number of esters is 2. The predicted octanol–water partition coefficient (Wildman–Crippen LogP) is 1.14. The van der Waals surface area contributed by atoms with Crippen molar-refractivity contribution < 1.29 is 45.6 Å². The molecule has 6 atom stereocenters. The van der Waals surface area contributed by atoms with E-state index < -0.39 is 85.8 Å². The number of alkyl halides is 2. The van der Waals surface area contributed by atoms with Crippen molar-refractivity contribution in [1.29, 1.82) is 0 Å². The average molecular weight is 751 g/mol. The van der Waals surface area contributed by atoms with Gasteiger partial charge in [0, 0.05) is 10.8 Å². The Kier molecular flexibility index (Phi) is 6.31. The van der Waals surface area contributed by atoms with Gasteiger partial charge in [-0.15, -0.1) is 11.8 Å². The van der Waals surface area contributed by atoms with E-state index in [1.165, 1.54) is 11.8 Å². The maximum Gasteiger partial charge on any atom is 0.308 e. The first kappa shape index (κ1) is 25.8. The maximum absolute atomic E-state index is 13.4. The molecule has 9 nitrogen and oxygen atoms in total. The number of hydrogen-bond donors (Lipinski definition) is 0. The number of fused-ring (bicyclic) bond motifs is 1. The summed E-state index contributed by atoms with van der Waals surface area (Å²) in [5.74, 6) is -4.82. The van der Waals surface area contributed by atoms with Crippen molar-refractivity contribution in [2.45, 2.75) is 68.1 Å². The van der Waals surface area contributed by atoms with E-state index in [1.807, 2.05) is 0 Å². The maximum atomic E-state index is 13.4. The van der Waals surface area contributed by atoms with Gasteiger partial charge in [-0.3, -0.25) is 14.4 Å². The smallest absolute Gasteiger partial charge is 0.308 e. The first-order valence-electron chi connectivity index (χ1n) is 9.56. The number of carbonyl (C=O) groups excluding carboxylic acids is 3. The van der Waals surface area contributed by atoms with E-state index in [0.29, 0.717) is 0 Å². The minimum absolute atomic E-state index is 0. The third kappa shape index (κ3) is 3.90. The van der Waals surface area contributed by atoms with Crippen LogP contribution >= 0.6 is 11.8 Å². The molecule has 3 heterocycles. The van der Waals surface area contributed by atoms with E-state index in [-0.39, 0.29) is 0 Å². The Bertz CT molecular complexity index is 907. The number of ether oxygens (including phenoxy) is 2. The molecule has 0 aromatic carbocycles. The molecular weight excluding hydrogens is 727 g/mol. The largest absolute Gasteiger partial charge is 0.746 e. The molecule has 3 aliphatic heterocycles. The SMILES string of the molecule is CC(C)C(=O)OC1C2SC3C(C(=O)N(C(C)(C)C)C13)C2C(=O)O[CH-]C(F)(F)S(=O)(=O)[O-].[Rf]. The topological polar surface area (TPSA) is 130 Å². The Morgan fingerprint density at radius 3 is 2.25 bits per heavy atom. The van der Waals surface area contributed by atoms with E-state index in [4.69, 9.17) is 4.74 Å². The van der Waals surface area contributed by atoms with Crippen LogP contribution in [0.3, 0.4) is 0 Å². The van der Waals surface area contributed by atoms with Gasteiger partial charge in [0.05, 0.1) is 29.0 Å². The zero-order valence-electron chi connectivity index (χ0n) is 18.1. The van der Waals surface area contributed by atoms with Crippen LogP contribution in [0.25, 0.3) is 0 Å². The third-order valence-electron chi connectivity index (χ3n) is 5.59. The molecule has 0 aromatic heterocycles. The molecule has 1 amide bonds. The number of thioether (sulfide) groups is 1. The number of likely N-dealkylation sites (tertiary alicyclic amines) is 1. The average Bonchev–Trinajstić information content (AvgIpc) is 3.20. The van der Waals surface area contributed by atoms with Crippen LogP contribution < -0.4 is 0 Å². The molecule has 0 saturated carbocycles. The second-order valence-electron chi connectivity index (χ2n) is 9.11. The monoisotopic (exact) mass is 750 g/mol. The van der Waals surface area contributed by atoms with Crippen LogP contribution in [0.15, 0.2) is 0 Å². The fourth-order valence-corrected chi connectivity index (χ4v) is 6.58. The fourth-order valence-electron chi connectivity index (χ4n) is 4.34. The normalized spacial score (nSPS) is 31.7. The van der Waals surface area contributed by atoms with Crippen molar-refractivity contribution in [3.05, 3.63) is 6.61 Å². The Morgan fingerprint density at radius 2 is 1.78 bits per heavy atom. The first-order chi connectivity index (χ1) is 14.0. The molecule has 0 N–H and O–H groups in total.